The van der Waals surface area contributed by atoms with Gasteiger partial charge in [0.1, 0.15) is 11.4 Å². The summed E-state index contributed by atoms with van der Waals surface area (Å²) in [5.41, 5.74) is 1.23. The molecule has 2 aliphatic rings. The van der Waals surface area contributed by atoms with Crippen molar-refractivity contribution in [3.05, 3.63) is 29.8 Å². The second-order valence-electron chi connectivity index (χ2n) is 7.70. The first-order valence-electron chi connectivity index (χ1n) is 9.99. The molecule has 0 bridgehead atoms. The molecule has 6 heteroatoms. The number of hydrogen-bond acceptors (Lipinski definition) is 3. The van der Waals surface area contributed by atoms with Gasteiger partial charge in [0.2, 0.25) is 0 Å². The number of rotatable bonds is 6. The summed E-state index contributed by atoms with van der Waals surface area (Å²) in [5, 5.41) is 7.05. The lowest BCUT2D eigenvalue weighted by atomic mass is 9.86. The number of nitrogens with zero attached hydrogens (tertiary/aromatic N) is 1. The van der Waals surface area contributed by atoms with E-state index >= 15 is 0 Å². The van der Waals surface area contributed by atoms with E-state index < -0.39 is 0 Å². The van der Waals surface area contributed by atoms with E-state index in [1.807, 2.05) is 7.05 Å². The van der Waals surface area contributed by atoms with Crippen LogP contribution in [0, 0.1) is 0 Å². The molecule has 1 aromatic carbocycles. The Hall–Kier alpha value is -1.02. The molecule has 1 spiro atoms. The minimum atomic E-state index is -0.00399. The molecule has 0 aromatic heterocycles. The lowest BCUT2D eigenvalue weighted by Crippen LogP contribution is -2.46. The molecule has 1 unspecified atom stereocenters. The van der Waals surface area contributed by atoms with E-state index in [-0.39, 0.29) is 41.7 Å². The van der Waals surface area contributed by atoms with E-state index in [2.05, 4.69) is 53.7 Å². The zero-order valence-electron chi connectivity index (χ0n) is 16.8. The fourth-order valence-electron chi connectivity index (χ4n) is 4.03. The van der Waals surface area contributed by atoms with Crippen molar-refractivity contribution in [1.29, 1.82) is 0 Å². The lowest BCUT2D eigenvalue weighted by Gasteiger charge is -2.40. The van der Waals surface area contributed by atoms with Crippen molar-refractivity contribution in [2.45, 2.75) is 70.1 Å². The molecule has 1 aliphatic carbocycles. The number of aliphatic imine (C=N–C) groups is 1. The summed E-state index contributed by atoms with van der Waals surface area (Å²) in [6.45, 7) is 5.75. The molecule has 2 N–H and O–H groups in total. The van der Waals surface area contributed by atoms with Crippen LogP contribution < -0.4 is 15.4 Å². The molecule has 1 aromatic rings. The third-order valence-corrected chi connectivity index (χ3v) is 5.31. The highest BCUT2D eigenvalue weighted by molar-refractivity contribution is 14.0. The van der Waals surface area contributed by atoms with Gasteiger partial charge in [0.15, 0.2) is 5.96 Å². The summed E-state index contributed by atoms with van der Waals surface area (Å²) >= 11 is 0. The van der Waals surface area contributed by atoms with Gasteiger partial charge in [-0.2, -0.15) is 0 Å². The summed E-state index contributed by atoms with van der Waals surface area (Å²) in [7, 11) is 1.83. The largest absolute Gasteiger partial charge is 0.487 e. The van der Waals surface area contributed by atoms with E-state index in [0.29, 0.717) is 0 Å². The monoisotopic (exact) mass is 487 g/mol. The lowest BCUT2D eigenvalue weighted by molar-refractivity contribution is 0.0396. The quantitative estimate of drug-likeness (QED) is 0.270. The first-order chi connectivity index (χ1) is 12.6. The van der Waals surface area contributed by atoms with Crippen LogP contribution in [0.3, 0.4) is 0 Å². The normalized spacial score (nSPS) is 20.7. The van der Waals surface area contributed by atoms with Crippen molar-refractivity contribution in [3.8, 4) is 5.75 Å². The topological polar surface area (TPSA) is 54.9 Å². The van der Waals surface area contributed by atoms with Gasteiger partial charge >= 0.3 is 0 Å². The molecule has 1 saturated carbocycles. The third kappa shape index (κ3) is 5.98. The predicted octanol–water partition coefficient (Wildman–Crippen LogP) is 4.42. The van der Waals surface area contributed by atoms with Crippen LogP contribution in [0.2, 0.25) is 0 Å². The molecule has 1 atom stereocenters. The molecular formula is C21H34IN3O2. The highest BCUT2D eigenvalue weighted by Gasteiger charge is 2.43. The van der Waals surface area contributed by atoms with Gasteiger partial charge < -0.3 is 20.1 Å². The van der Waals surface area contributed by atoms with Crippen LogP contribution in [-0.2, 0) is 4.74 Å². The number of benzene rings is 1. The van der Waals surface area contributed by atoms with Gasteiger partial charge in [0.05, 0.1) is 12.1 Å². The van der Waals surface area contributed by atoms with Crippen molar-refractivity contribution in [2.75, 3.05) is 20.2 Å². The van der Waals surface area contributed by atoms with Gasteiger partial charge in [-0.15, -0.1) is 24.0 Å². The molecule has 152 valence electrons. The smallest absolute Gasteiger partial charge is 0.191 e. The molecular weight excluding hydrogens is 453 g/mol. The maximum atomic E-state index is 6.44. The van der Waals surface area contributed by atoms with Crippen molar-refractivity contribution in [3.63, 3.8) is 0 Å². The van der Waals surface area contributed by atoms with Crippen LogP contribution in [0.5, 0.6) is 5.75 Å². The molecule has 1 heterocycles. The standard InChI is InChI=1S/C21H33N3O2.HI/c1-16(2)25-14-8-13-23-20(22-3)24-18-15-21(11-6-7-12-21)26-19-10-5-4-9-17(18)19;/h4-5,9-10,16,18H,6-8,11-15H2,1-3H3,(H2,22,23,24);1H. The van der Waals surface area contributed by atoms with E-state index in [1.54, 1.807) is 0 Å². The maximum absolute atomic E-state index is 6.44. The Kier molecular flexibility index (Phi) is 8.66. The van der Waals surface area contributed by atoms with Crippen molar-refractivity contribution < 1.29 is 9.47 Å². The first kappa shape index (κ1) is 22.3. The molecule has 0 saturated heterocycles. The van der Waals surface area contributed by atoms with Crippen LogP contribution in [0.15, 0.2) is 29.3 Å². The van der Waals surface area contributed by atoms with Crippen LogP contribution in [0.4, 0.5) is 0 Å². The summed E-state index contributed by atoms with van der Waals surface area (Å²) in [6, 6.07) is 8.65. The highest BCUT2D eigenvalue weighted by Crippen LogP contribution is 2.46. The van der Waals surface area contributed by atoms with Gasteiger partial charge in [-0.25, -0.2) is 0 Å². The van der Waals surface area contributed by atoms with Crippen LogP contribution in [0.1, 0.15) is 64.0 Å². The summed E-state index contributed by atoms with van der Waals surface area (Å²) < 4.78 is 12.0. The fourth-order valence-corrected chi connectivity index (χ4v) is 4.03. The Morgan fingerprint density at radius 1 is 1.30 bits per heavy atom. The Bertz CT molecular complexity index is 615. The Morgan fingerprint density at radius 3 is 2.74 bits per heavy atom. The minimum Gasteiger partial charge on any atom is -0.487 e. The Morgan fingerprint density at radius 2 is 2.04 bits per heavy atom. The van der Waals surface area contributed by atoms with E-state index in [1.165, 1.54) is 18.4 Å². The van der Waals surface area contributed by atoms with Crippen LogP contribution >= 0.6 is 24.0 Å². The van der Waals surface area contributed by atoms with Crippen LogP contribution in [-0.4, -0.2) is 37.9 Å². The number of para-hydroxylation sites is 1. The second-order valence-corrected chi connectivity index (χ2v) is 7.70. The van der Waals surface area contributed by atoms with Crippen molar-refractivity contribution in [1.82, 2.24) is 10.6 Å². The van der Waals surface area contributed by atoms with E-state index in [0.717, 1.165) is 50.5 Å². The van der Waals surface area contributed by atoms with Gasteiger partial charge in [-0.05, 0) is 52.0 Å². The van der Waals surface area contributed by atoms with Gasteiger partial charge in [-0.3, -0.25) is 4.99 Å². The molecule has 3 rings (SSSR count). The number of nitrogens with one attached hydrogen (secondary N) is 2. The average Bonchev–Trinajstić information content (AvgIpc) is 3.07. The van der Waals surface area contributed by atoms with E-state index in [9.17, 15) is 0 Å². The first-order valence-corrected chi connectivity index (χ1v) is 9.99. The van der Waals surface area contributed by atoms with Crippen LogP contribution in [0.25, 0.3) is 0 Å². The zero-order valence-corrected chi connectivity index (χ0v) is 19.1. The Balaban J connectivity index is 0.00000261. The highest BCUT2D eigenvalue weighted by atomic mass is 127. The van der Waals surface area contributed by atoms with Gasteiger partial charge in [0, 0.05) is 32.2 Å². The molecule has 0 radical (unpaired) electrons. The Labute approximate surface area is 180 Å². The summed E-state index contributed by atoms with van der Waals surface area (Å²) in [6.07, 6.45) is 7.08. The molecule has 5 nitrogen and oxygen atoms in total. The van der Waals surface area contributed by atoms with Gasteiger partial charge in [-0.1, -0.05) is 18.2 Å². The number of halogens is 1. The number of guanidine groups is 1. The zero-order chi connectivity index (χ0) is 18.4. The SMILES string of the molecule is CN=C(NCCCOC(C)C)NC1CC2(CCCC2)Oc2ccccc21.I. The number of fused-ring (bicyclic) bond motifs is 1. The average molecular weight is 487 g/mol. The van der Waals surface area contributed by atoms with Gasteiger partial charge in [0.25, 0.3) is 0 Å². The summed E-state index contributed by atoms with van der Waals surface area (Å²) in [4.78, 5) is 4.42. The molecule has 1 aliphatic heterocycles. The number of hydrogen-bond donors (Lipinski definition) is 2. The maximum Gasteiger partial charge on any atom is 0.191 e. The minimum absolute atomic E-state index is 0. The predicted molar refractivity (Wildman–Crippen MR) is 121 cm³/mol. The summed E-state index contributed by atoms with van der Waals surface area (Å²) in [5.74, 6) is 1.88. The molecule has 0 amide bonds. The van der Waals surface area contributed by atoms with Crippen molar-refractivity contribution in [2.24, 2.45) is 4.99 Å². The fraction of sp³-hybridized carbons (Fsp3) is 0.667. The molecule has 1 fully saturated rings. The second kappa shape index (κ2) is 10.5. The van der Waals surface area contributed by atoms with Crippen molar-refractivity contribution >= 4 is 29.9 Å². The number of ether oxygens (including phenoxy) is 2. The van der Waals surface area contributed by atoms with E-state index in [4.69, 9.17) is 9.47 Å². The third-order valence-electron chi connectivity index (χ3n) is 5.31. The molecule has 27 heavy (non-hydrogen) atoms.